The summed E-state index contributed by atoms with van der Waals surface area (Å²) < 4.78 is 10.8. The van der Waals surface area contributed by atoms with Crippen molar-refractivity contribution in [2.75, 3.05) is 20.6 Å². The van der Waals surface area contributed by atoms with Gasteiger partial charge in [-0.15, -0.1) is 0 Å². The predicted molar refractivity (Wildman–Crippen MR) is 178 cm³/mol. The van der Waals surface area contributed by atoms with Crippen LogP contribution in [0.4, 0.5) is 4.79 Å². The Hall–Kier alpha value is -4.01. The van der Waals surface area contributed by atoms with Crippen molar-refractivity contribution in [3.8, 4) is 0 Å². The van der Waals surface area contributed by atoms with Gasteiger partial charge in [-0.05, 0) is 52.9 Å². The Kier molecular flexibility index (Phi) is 13.9. The number of rotatable bonds is 12. The molecule has 2 aliphatic heterocycles. The number of hydrogen-bond donors (Lipinski definition) is 2. The van der Waals surface area contributed by atoms with Crippen molar-refractivity contribution in [3.63, 3.8) is 0 Å². The Morgan fingerprint density at radius 3 is 2.10 bits per heavy atom. The highest BCUT2D eigenvalue weighted by Gasteiger charge is 2.48. The van der Waals surface area contributed by atoms with Gasteiger partial charge in [0.05, 0.1) is 12.1 Å². The normalized spacial score (nSPS) is 21.7. The number of likely N-dealkylation sites (N-methyl/N-ethyl adjacent to an activating group) is 2. The molecule has 1 fully saturated rings. The van der Waals surface area contributed by atoms with E-state index in [2.05, 4.69) is 5.32 Å². The molecule has 2 heterocycles. The number of aliphatic hydroxyl groups is 1. The molecule has 0 radical (unpaired) electrons. The number of amides is 6. The first kappa shape index (κ1) is 41.2. The quantitative estimate of drug-likeness (QED) is 0.224. The van der Waals surface area contributed by atoms with E-state index in [1.54, 1.807) is 47.6 Å². The van der Waals surface area contributed by atoms with Crippen LogP contribution in [0.15, 0.2) is 12.2 Å². The average molecular weight is 694 g/mol. The van der Waals surface area contributed by atoms with E-state index in [0.717, 1.165) is 21.6 Å². The van der Waals surface area contributed by atoms with E-state index >= 15 is 0 Å². The smallest absolute Gasteiger partial charge is 0.410 e. The lowest BCUT2D eigenvalue weighted by atomic mass is 9.98. The Morgan fingerprint density at radius 1 is 1.04 bits per heavy atom. The van der Waals surface area contributed by atoms with Gasteiger partial charge >= 0.3 is 12.1 Å². The van der Waals surface area contributed by atoms with Crippen LogP contribution < -0.4 is 5.32 Å². The van der Waals surface area contributed by atoms with E-state index < -0.39 is 95.5 Å². The van der Waals surface area contributed by atoms with Gasteiger partial charge in [0.25, 0.3) is 11.8 Å². The molecule has 0 saturated carbocycles. The summed E-state index contributed by atoms with van der Waals surface area (Å²) in [6, 6.07) is -5.40. The maximum absolute atomic E-state index is 14.2. The number of β-amino-alcohol motifs (C(OH)–C–C–N with tert-alkyl or cyclic N) is 1. The molecule has 15 nitrogen and oxygen atoms in total. The summed E-state index contributed by atoms with van der Waals surface area (Å²) in [6.07, 6.45) is -0.00484. The maximum atomic E-state index is 14.2. The number of aliphatic hydroxyl groups excluding tert-OH is 1. The second kappa shape index (κ2) is 16.6. The molecule has 0 aromatic heterocycles. The van der Waals surface area contributed by atoms with Crippen LogP contribution in [0.2, 0.25) is 0 Å². The zero-order valence-electron chi connectivity index (χ0n) is 30.9. The highest BCUT2D eigenvalue weighted by molar-refractivity contribution is 6.06. The fourth-order valence-electron chi connectivity index (χ4n) is 6.08. The lowest BCUT2D eigenvalue weighted by Crippen LogP contribution is -2.62. The molecule has 49 heavy (non-hydrogen) atoms. The molecule has 2 rings (SSSR count). The predicted octanol–water partition coefficient (Wildman–Crippen LogP) is 1.46. The monoisotopic (exact) mass is 693 g/mol. The molecule has 0 aromatic rings. The fraction of sp³-hybridized carbons (Fsp3) is 0.735. The average Bonchev–Trinajstić information content (AvgIpc) is 3.52. The summed E-state index contributed by atoms with van der Waals surface area (Å²) in [6.45, 7) is 16.3. The number of carbonyl (C=O) groups excluding carboxylic acids is 7. The van der Waals surface area contributed by atoms with Gasteiger partial charge < -0.3 is 29.7 Å². The van der Waals surface area contributed by atoms with E-state index in [-0.39, 0.29) is 25.3 Å². The number of nitrogens with zero attached hydrogens (tertiary/aromatic N) is 4. The molecule has 0 aliphatic carbocycles. The van der Waals surface area contributed by atoms with Gasteiger partial charge in [0.15, 0.2) is 0 Å². The third-order valence-electron chi connectivity index (χ3n) is 8.43. The number of nitrogens with one attached hydrogen (secondary N) is 1. The van der Waals surface area contributed by atoms with Crippen molar-refractivity contribution in [2.24, 2.45) is 11.8 Å². The molecule has 7 atom stereocenters. The number of hydrogen-bond acceptors (Lipinski definition) is 10. The first-order valence-corrected chi connectivity index (χ1v) is 16.7. The number of ether oxygens (including phenoxy) is 2. The van der Waals surface area contributed by atoms with Gasteiger partial charge in [-0.3, -0.25) is 38.6 Å². The number of esters is 1. The molecular formula is C34H55N5O10. The molecule has 6 amide bonds. The minimum absolute atomic E-state index is 0.0487. The largest absolute Gasteiger partial charge is 0.460 e. The van der Waals surface area contributed by atoms with Gasteiger partial charge in [0.1, 0.15) is 35.9 Å². The molecule has 2 aliphatic rings. The standard InChI is InChI=1S/C34H55N5O10/c1-18(2)15-24(36(11)33(47)49-34(8,9)10)29(43)35-27(21(6)48-22(7)40)31(45)37(12)28(19(3)4)32(46)38-17-23(41)16-25(38)30(44)39-20(5)13-14-26(39)42/h13-14,18-21,23-25,27-28,41H,15-17H2,1-12H3,(H,35,43)/t20-,21+,23-,24-,25-,27-,28-/m0/s1. The minimum Gasteiger partial charge on any atom is -0.460 e. The van der Waals surface area contributed by atoms with E-state index in [1.807, 2.05) is 13.8 Å². The van der Waals surface area contributed by atoms with Crippen LogP contribution in [0.25, 0.3) is 0 Å². The zero-order valence-corrected chi connectivity index (χ0v) is 30.9. The van der Waals surface area contributed by atoms with Gasteiger partial charge in [-0.25, -0.2) is 4.79 Å². The van der Waals surface area contributed by atoms with Crippen molar-refractivity contribution in [1.29, 1.82) is 0 Å². The second-order valence-corrected chi connectivity index (χ2v) is 14.7. The molecule has 0 unspecified atom stereocenters. The van der Waals surface area contributed by atoms with Crippen LogP contribution in [0.1, 0.15) is 82.1 Å². The van der Waals surface area contributed by atoms with E-state index in [0.29, 0.717) is 0 Å². The molecule has 0 aromatic carbocycles. The maximum Gasteiger partial charge on any atom is 0.410 e. The Bertz CT molecular complexity index is 1310. The van der Waals surface area contributed by atoms with Crippen LogP contribution in [0.5, 0.6) is 0 Å². The SMILES string of the molecule is CC(=O)O[C@H](C)[C@H](NC(=O)[C@H](CC(C)C)N(C)C(=O)OC(C)(C)C)C(=O)N(C)[C@H](C(=O)N1C[C@@H](O)C[C@H]1C(=O)N1C(=O)C=C[C@@H]1C)C(C)C. The first-order chi connectivity index (χ1) is 22.5. The van der Waals surface area contributed by atoms with Crippen LogP contribution in [-0.2, 0) is 38.2 Å². The summed E-state index contributed by atoms with van der Waals surface area (Å²) in [4.78, 5) is 97.7. The molecule has 15 heteroatoms. The second-order valence-electron chi connectivity index (χ2n) is 14.7. The van der Waals surface area contributed by atoms with Crippen molar-refractivity contribution in [1.82, 2.24) is 24.9 Å². The minimum atomic E-state index is -1.48. The van der Waals surface area contributed by atoms with E-state index in [1.165, 1.54) is 32.0 Å². The fourth-order valence-corrected chi connectivity index (χ4v) is 6.08. The van der Waals surface area contributed by atoms with Crippen LogP contribution in [0, 0.1) is 11.8 Å². The van der Waals surface area contributed by atoms with Crippen LogP contribution in [-0.4, -0.2) is 135 Å². The summed E-state index contributed by atoms with van der Waals surface area (Å²) >= 11 is 0. The summed E-state index contributed by atoms with van der Waals surface area (Å²) in [5, 5.41) is 13.2. The van der Waals surface area contributed by atoms with Crippen molar-refractivity contribution in [2.45, 2.75) is 130 Å². The number of likely N-dealkylation sites (tertiary alicyclic amines) is 1. The Morgan fingerprint density at radius 2 is 1.63 bits per heavy atom. The number of carbonyl (C=O) groups is 7. The third kappa shape index (κ3) is 10.5. The van der Waals surface area contributed by atoms with Gasteiger partial charge in [-0.2, -0.15) is 0 Å². The van der Waals surface area contributed by atoms with Crippen molar-refractivity contribution in [3.05, 3.63) is 12.2 Å². The first-order valence-electron chi connectivity index (χ1n) is 16.7. The molecule has 0 bridgehead atoms. The summed E-state index contributed by atoms with van der Waals surface area (Å²) in [5.74, 6) is -4.55. The molecule has 276 valence electrons. The third-order valence-corrected chi connectivity index (χ3v) is 8.43. The molecule has 2 N–H and O–H groups in total. The highest BCUT2D eigenvalue weighted by Crippen LogP contribution is 2.27. The van der Waals surface area contributed by atoms with E-state index in [9.17, 15) is 38.7 Å². The summed E-state index contributed by atoms with van der Waals surface area (Å²) in [7, 11) is 2.78. The topological polar surface area (TPSA) is 183 Å². The van der Waals surface area contributed by atoms with Gasteiger partial charge in [0.2, 0.25) is 17.7 Å². The Labute approximate surface area is 289 Å². The molecular weight excluding hydrogens is 638 g/mol. The van der Waals surface area contributed by atoms with Crippen molar-refractivity contribution < 1.29 is 48.1 Å². The van der Waals surface area contributed by atoms with Gasteiger partial charge in [-0.1, -0.05) is 33.8 Å². The van der Waals surface area contributed by atoms with Crippen LogP contribution >= 0.6 is 0 Å². The Balaban J connectivity index is 2.44. The molecule has 0 spiro atoms. The lowest BCUT2D eigenvalue weighted by Gasteiger charge is -2.38. The van der Waals surface area contributed by atoms with Crippen LogP contribution in [0.3, 0.4) is 0 Å². The van der Waals surface area contributed by atoms with E-state index in [4.69, 9.17) is 9.47 Å². The lowest BCUT2D eigenvalue weighted by molar-refractivity contribution is -0.157. The van der Waals surface area contributed by atoms with Gasteiger partial charge in [0, 0.05) is 40.1 Å². The molecule has 1 saturated heterocycles. The highest BCUT2D eigenvalue weighted by atomic mass is 16.6. The number of imide groups is 1. The zero-order chi connectivity index (χ0) is 37.7. The summed E-state index contributed by atoms with van der Waals surface area (Å²) in [5.41, 5.74) is -0.832. The van der Waals surface area contributed by atoms with Crippen molar-refractivity contribution >= 4 is 41.6 Å².